The molecule has 1 aliphatic heterocycles. The van der Waals surface area contributed by atoms with Crippen molar-refractivity contribution in [1.82, 2.24) is 24.3 Å². The van der Waals surface area contributed by atoms with Crippen molar-refractivity contribution in [1.29, 1.82) is 0 Å². The molecule has 1 aromatic heterocycles. The highest BCUT2D eigenvalue weighted by molar-refractivity contribution is 6.34. The second-order valence-corrected chi connectivity index (χ2v) is 12.7. The maximum atomic E-state index is 14.6. The van der Waals surface area contributed by atoms with E-state index < -0.39 is 40.9 Å². The maximum absolute atomic E-state index is 14.6. The van der Waals surface area contributed by atoms with E-state index in [1.807, 2.05) is 6.92 Å². The topological polar surface area (TPSA) is 186 Å². The van der Waals surface area contributed by atoms with Crippen molar-refractivity contribution < 1.29 is 41.9 Å². The minimum Gasteiger partial charge on any atom is -0.432 e. The van der Waals surface area contributed by atoms with Crippen LogP contribution in [0.1, 0.15) is 40.7 Å². The number of hydrogen-bond donors (Lipinski definition) is 3. The van der Waals surface area contributed by atoms with Gasteiger partial charge in [0, 0.05) is 50.4 Å². The van der Waals surface area contributed by atoms with E-state index in [1.54, 1.807) is 9.80 Å². The molecule has 1 unspecified atom stereocenters. The Morgan fingerprint density at radius 3 is 2.21 bits per heavy atom. The first-order valence-corrected chi connectivity index (χ1v) is 16.8. The van der Waals surface area contributed by atoms with Crippen molar-refractivity contribution in [2.24, 2.45) is 24.4 Å². The van der Waals surface area contributed by atoms with Gasteiger partial charge in [-0.05, 0) is 49.7 Å². The predicted octanol–water partition coefficient (Wildman–Crippen LogP) is 3.36. The van der Waals surface area contributed by atoms with Crippen LogP contribution >= 0.6 is 23.2 Å². The smallest absolute Gasteiger partial charge is 0.387 e. The summed E-state index contributed by atoms with van der Waals surface area (Å²) in [5.41, 5.74) is 11.3. The van der Waals surface area contributed by atoms with Crippen LogP contribution in [0.4, 0.5) is 18.9 Å². The first kappa shape index (κ1) is 39.9. The van der Waals surface area contributed by atoms with Crippen LogP contribution in [0.5, 0.6) is 5.75 Å². The van der Waals surface area contributed by atoms with E-state index in [1.165, 1.54) is 47.0 Å². The fourth-order valence-corrected chi connectivity index (χ4v) is 6.31. The molecule has 280 valence electrons. The third-order valence-electron chi connectivity index (χ3n) is 8.46. The molecule has 2 heterocycles. The van der Waals surface area contributed by atoms with E-state index >= 15 is 0 Å². The number of carbonyl (C=O) groups excluding carboxylic acids is 5. The number of ether oxygens (including phenoxy) is 1. The molecule has 2 aromatic carbocycles. The molecule has 1 fully saturated rings. The zero-order valence-electron chi connectivity index (χ0n) is 28.2. The second kappa shape index (κ2) is 17.6. The van der Waals surface area contributed by atoms with Gasteiger partial charge in [0.25, 0.3) is 11.8 Å². The number of amides is 5. The Balaban J connectivity index is 1.35. The number of aromatic nitrogens is 2. The summed E-state index contributed by atoms with van der Waals surface area (Å²) < 4.78 is 45.2. The van der Waals surface area contributed by atoms with Gasteiger partial charge >= 0.3 is 6.61 Å². The molecular weight excluding hydrogens is 732 g/mol. The minimum atomic E-state index is -3.25. The van der Waals surface area contributed by atoms with Crippen LogP contribution in [-0.2, 0) is 21.4 Å². The lowest BCUT2D eigenvalue weighted by atomic mass is 9.99. The number of halogens is 5. The third kappa shape index (κ3) is 9.71. The van der Waals surface area contributed by atoms with Gasteiger partial charge in [0.1, 0.15) is 0 Å². The van der Waals surface area contributed by atoms with Crippen LogP contribution in [-0.4, -0.2) is 106 Å². The molecule has 52 heavy (non-hydrogen) atoms. The number of carbonyl (C=O) groups is 5. The first-order chi connectivity index (χ1) is 24.6. The summed E-state index contributed by atoms with van der Waals surface area (Å²) in [5, 5.41) is 2.21. The highest BCUT2D eigenvalue weighted by atomic mass is 35.5. The molecule has 1 atom stereocenters. The highest BCUT2D eigenvalue weighted by Gasteiger charge is 2.30. The van der Waals surface area contributed by atoms with Gasteiger partial charge in [-0.2, -0.15) is 8.78 Å². The van der Waals surface area contributed by atoms with E-state index in [4.69, 9.17) is 34.7 Å². The van der Waals surface area contributed by atoms with Crippen molar-refractivity contribution >= 4 is 58.4 Å². The van der Waals surface area contributed by atoms with Gasteiger partial charge < -0.3 is 35.9 Å². The molecule has 0 saturated carbocycles. The number of benzene rings is 2. The number of nitrogens with one attached hydrogen (secondary N) is 1. The molecule has 5 amide bonds. The predicted molar refractivity (Wildman–Crippen MR) is 185 cm³/mol. The number of rotatable bonds is 15. The second-order valence-electron chi connectivity index (χ2n) is 11.9. The van der Waals surface area contributed by atoms with Crippen molar-refractivity contribution in [2.75, 3.05) is 51.1 Å². The Bertz CT molecular complexity index is 1820. The summed E-state index contributed by atoms with van der Waals surface area (Å²) in [5.74, 6) is -4.75. The van der Waals surface area contributed by atoms with Gasteiger partial charge in [-0.15, -0.1) is 0 Å². The number of nitrogens with zero attached hydrogens (tertiary/aromatic N) is 5. The summed E-state index contributed by atoms with van der Waals surface area (Å²) >= 11 is 12.6. The summed E-state index contributed by atoms with van der Waals surface area (Å²) in [6, 6.07) is 6.60. The van der Waals surface area contributed by atoms with Crippen molar-refractivity contribution in [3.05, 3.63) is 63.8 Å². The first-order valence-electron chi connectivity index (χ1n) is 16.0. The Kier molecular flexibility index (Phi) is 13.5. The Labute approximate surface area is 306 Å². The summed E-state index contributed by atoms with van der Waals surface area (Å²) in [6.07, 6.45) is 2.18. The maximum Gasteiger partial charge on any atom is 0.387 e. The number of alkyl halides is 2. The van der Waals surface area contributed by atoms with Crippen LogP contribution in [0, 0.1) is 11.7 Å². The van der Waals surface area contributed by atoms with E-state index in [2.05, 4.69) is 15.0 Å². The van der Waals surface area contributed by atoms with E-state index in [9.17, 15) is 37.1 Å². The monoisotopic (exact) mass is 768 g/mol. The fraction of sp³-hybridized carbons (Fsp3) is 0.394. The molecule has 0 aliphatic carbocycles. The molecule has 5 N–H and O–H groups in total. The number of imidazole rings is 1. The van der Waals surface area contributed by atoms with Gasteiger partial charge in [0.2, 0.25) is 17.7 Å². The lowest BCUT2D eigenvalue weighted by Gasteiger charge is -2.36. The number of piperazine rings is 1. The Morgan fingerprint density at radius 1 is 1.00 bits per heavy atom. The molecular formula is C33H37Cl2F3N8O6. The van der Waals surface area contributed by atoms with Crippen molar-refractivity contribution in [3.63, 3.8) is 0 Å². The molecule has 14 nitrogen and oxygen atoms in total. The average molecular weight is 770 g/mol. The molecule has 0 bridgehead atoms. The molecule has 3 aromatic rings. The van der Waals surface area contributed by atoms with Crippen LogP contribution in [0.2, 0.25) is 10.0 Å². The van der Waals surface area contributed by atoms with Crippen molar-refractivity contribution in [3.8, 4) is 17.0 Å². The molecule has 0 radical (unpaired) electrons. The summed E-state index contributed by atoms with van der Waals surface area (Å²) in [6.45, 7) is -0.334. The van der Waals surface area contributed by atoms with Crippen LogP contribution in [0.15, 0.2) is 36.5 Å². The third-order valence-corrected chi connectivity index (χ3v) is 9.14. The summed E-state index contributed by atoms with van der Waals surface area (Å²) in [4.78, 5) is 71.4. The van der Waals surface area contributed by atoms with Gasteiger partial charge in [-0.25, -0.2) is 9.37 Å². The van der Waals surface area contributed by atoms with Crippen LogP contribution in [0.3, 0.4) is 0 Å². The molecule has 4 rings (SSSR count). The summed E-state index contributed by atoms with van der Waals surface area (Å²) in [7, 11) is 1.48. The largest absolute Gasteiger partial charge is 0.432 e. The molecule has 19 heteroatoms. The van der Waals surface area contributed by atoms with E-state index in [-0.39, 0.29) is 96.9 Å². The van der Waals surface area contributed by atoms with Gasteiger partial charge in [0.05, 0.1) is 40.6 Å². The normalized spacial score (nSPS) is 13.7. The number of primary amides is 2. The lowest BCUT2D eigenvalue weighted by molar-refractivity contribution is -0.137. The standard InChI is InChI=1S/C33H37Cl2F3N8O6/c1-3-18(8-9-44(16-25(39)47)17-26(40)48)31(50)45-10-12-46(13-11-45)32(51)20-5-4-19(14-22(20)34)42-30(49)29-41-15-23(43(29)2)21-6-7-24(52-33(37)38)28(36)27(21)35/h4-7,14-15,18,33H,3,8-13,16-17H2,1-2H3,(H2,39,47)(H2,40,48)(H,42,49). The zero-order valence-corrected chi connectivity index (χ0v) is 29.7. The molecule has 0 spiro atoms. The quantitative estimate of drug-likeness (QED) is 0.210. The average Bonchev–Trinajstić information content (AvgIpc) is 3.47. The Hall–Kier alpha value is -4.87. The zero-order chi connectivity index (χ0) is 38.3. The molecule has 1 saturated heterocycles. The van der Waals surface area contributed by atoms with E-state index in [0.29, 0.717) is 12.8 Å². The van der Waals surface area contributed by atoms with Crippen LogP contribution < -0.4 is 21.5 Å². The minimum absolute atomic E-state index is 0.0673. The highest BCUT2D eigenvalue weighted by Crippen LogP contribution is 2.35. The lowest BCUT2D eigenvalue weighted by Crippen LogP contribution is -2.52. The van der Waals surface area contributed by atoms with Crippen molar-refractivity contribution in [2.45, 2.75) is 26.4 Å². The molecule has 1 aliphatic rings. The number of hydrogen-bond acceptors (Lipinski definition) is 8. The van der Waals surface area contributed by atoms with Crippen LogP contribution in [0.25, 0.3) is 11.3 Å². The van der Waals surface area contributed by atoms with Gasteiger partial charge in [0.15, 0.2) is 17.4 Å². The number of nitrogens with two attached hydrogens (primary N) is 2. The Morgan fingerprint density at radius 2 is 1.63 bits per heavy atom. The van der Waals surface area contributed by atoms with Gasteiger partial charge in [-0.3, -0.25) is 28.9 Å². The van der Waals surface area contributed by atoms with Gasteiger partial charge in [-0.1, -0.05) is 30.1 Å². The SMILES string of the molecule is CCC(CCN(CC(N)=O)CC(N)=O)C(=O)N1CCN(C(=O)c2ccc(NC(=O)c3ncc(-c4ccc(OC(F)F)c(F)c4Cl)n3C)cc2Cl)CC1. The van der Waals surface area contributed by atoms with E-state index in [0.717, 1.165) is 6.07 Å². The number of anilines is 1. The fourth-order valence-electron chi connectivity index (χ4n) is 5.79.